The van der Waals surface area contributed by atoms with Crippen LogP contribution in [0.3, 0.4) is 0 Å². The highest BCUT2D eigenvalue weighted by molar-refractivity contribution is 7.92. The largest absolute Gasteiger partial charge is 0.508 e. The lowest BCUT2D eigenvalue weighted by molar-refractivity contribution is -0.122. The highest BCUT2D eigenvalue weighted by Gasteiger charge is 2.37. The molecule has 0 saturated carbocycles. The SMILES string of the molecule is Cn1nc(NS(C)(=O)=O)c2c(Cl)ccc(-n3c([C@H](Cc4cc(F)cc(F)c4)NC(=O)Cc4c[nH]c5ccc(O)cc45)nc4cc(C(C)(C)S(C)(=O)=O)ccc4c3=O)c21.Cn1nc(NS(C)(=O)=O)c2c(Cl)ccc(-n3c([C@H](Cc4cc(F)cc(F)c4)NC(=O)Cc4c[nH]c5ccc(O)cc45)nc4cc(C(C)(C)S(C)(=O)=O)ccc4c3=O)c21. The summed E-state index contributed by atoms with van der Waals surface area (Å²) in [4.78, 5) is 73.9. The third-order valence-corrected chi connectivity index (χ3v) is 26.1. The van der Waals surface area contributed by atoms with E-state index in [0.717, 1.165) is 49.3 Å². The number of hydrogen-bond donors (Lipinski definition) is 8. The zero-order chi connectivity index (χ0) is 84.1. The van der Waals surface area contributed by atoms with E-state index in [1.165, 1.54) is 145 Å². The monoisotopic (exact) mass is 1700 g/mol. The van der Waals surface area contributed by atoms with Crippen molar-refractivity contribution in [2.24, 2.45) is 14.1 Å². The van der Waals surface area contributed by atoms with Crippen LogP contribution < -0.4 is 31.2 Å². The van der Waals surface area contributed by atoms with Gasteiger partial charge in [0.05, 0.1) is 112 Å². The molecule has 28 nitrogen and oxygen atoms in total. The average molecular weight is 1700 g/mol. The first kappa shape index (κ1) is 82.3. The van der Waals surface area contributed by atoms with Crippen LogP contribution >= 0.6 is 23.2 Å². The fourth-order valence-electron chi connectivity index (χ4n) is 13.9. The maximum absolute atomic E-state index is 14.9. The number of aromatic hydroxyl groups is 2. The number of halogens is 6. The lowest BCUT2D eigenvalue weighted by Gasteiger charge is -2.25. The first-order chi connectivity index (χ1) is 54.2. The molecule has 8 aromatic carbocycles. The molecule has 38 heteroatoms. The summed E-state index contributed by atoms with van der Waals surface area (Å²) in [7, 11) is -12.1. The summed E-state index contributed by atoms with van der Waals surface area (Å²) in [5.41, 5.74) is 2.41. The molecule has 116 heavy (non-hydrogen) atoms. The van der Waals surface area contributed by atoms with Gasteiger partial charge in [-0.2, -0.15) is 10.2 Å². The summed E-state index contributed by atoms with van der Waals surface area (Å²) in [6.07, 6.45) is 6.15. The molecule has 2 amide bonds. The minimum atomic E-state index is -3.86. The number of rotatable bonds is 22. The predicted octanol–water partition coefficient (Wildman–Crippen LogP) is 11.4. The van der Waals surface area contributed by atoms with Gasteiger partial charge in [0, 0.05) is 85.8 Å². The van der Waals surface area contributed by atoms with Crippen LogP contribution in [-0.4, -0.2) is 129 Å². The van der Waals surface area contributed by atoms with E-state index in [0.29, 0.717) is 56.2 Å². The van der Waals surface area contributed by atoms with Crippen LogP contribution in [0.2, 0.25) is 10.0 Å². The summed E-state index contributed by atoms with van der Waals surface area (Å²) in [6.45, 7) is 6.03. The Balaban J connectivity index is 0.000000202. The van der Waals surface area contributed by atoms with Gasteiger partial charge in [-0.15, -0.1) is 0 Å². The number of benzene rings is 8. The number of carbonyl (C=O) groups is 2. The van der Waals surface area contributed by atoms with Crippen LogP contribution in [0.15, 0.2) is 155 Å². The summed E-state index contributed by atoms with van der Waals surface area (Å²) in [6, 6.07) is 26.9. The van der Waals surface area contributed by atoms with Gasteiger partial charge in [0.25, 0.3) is 11.1 Å². The van der Waals surface area contributed by atoms with E-state index in [4.69, 9.17) is 33.2 Å². The van der Waals surface area contributed by atoms with E-state index in [2.05, 4.69) is 40.2 Å². The van der Waals surface area contributed by atoms with Gasteiger partial charge in [0.1, 0.15) is 46.4 Å². The number of anilines is 2. The van der Waals surface area contributed by atoms with E-state index >= 15 is 0 Å². The number of aryl methyl sites for hydroxylation is 2. The van der Waals surface area contributed by atoms with Gasteiger partial charge in [-0.25, -0.2) is 61.2 Å². The molecular formula is C78H72Cl2F4N14O14S4. The van der Waals surface area contributed by atoms with Crippen molar-refractivity contribution >= 4 is 152 Å². The molecule has 0 unspecified atom stereocenters. The second kappa shape index (κ2) is 30.5. The molecular weight excluding hydrogens is 1630 g/mol. The predicted molar refractivity (Wildman–Crippen MR) is 435 cm³/mol. The Morgan fingerprint density at radius 1 is 0.491 bits per heavy atom. The van der Waals surface area contributed by atoms with E-state index in [9.17, 15) is 80.6 Å². The van der Waals surface area contributed by atoms with Gasteiger partial charge in [-0.05, 0) is 170 Å². The molecule has 14 rings (SSSR count). The number of nitrogens with one attached hydrogen (secondary N) is 6. The van der Waals surface area contributed by atoms with Gasteiger partial charge in [-0.3, -0.25) is 47.1 Å². The molecule has 2 atom stereocenters. The normalized spacial score (nSPS) is 13.0. The number of H-pyrrole nitrogens is 2. The maximum Gasteiger partial charge on any atom is 0.266 e. The molecule has 0 radical (unpaired) electrons. The Hall–Kier alpha value is -11.7. The highest BCUT2D eigenvalue weighted by atomic mass is 35.5. The third-order valence-electron chi connectivity index (χ3n) is 20.1. The second-order valence-corrected chi connectivity index (χ2v) is 38.6. The van der Waals surface area contributed by atoms with Crippen molar-refractivity contribution in [2.75, 3.05) is 34.5 Å². The number of sulfone groups is 2. The fraction of sp³-hybridized carbons (Fsp3) is 0.231. The standard InChI is InChI=1S/2C39H36ClF2N7O7S2/c2*1-39(2,57(4,53)54)22-6-8-26-30(16-22)45-37(49(38(26)52)32-11-9-28(40)34-35(32)48(3)46-36(34)47-58(5,55)56)31(14-20-12-23(41)17-24(42)13-20)44-33(51)15-21-19-43-29-10-7-25(50)18-27(21)29/h2*6-13,16-19,31,43,50H,14-15H2,1-5H3,(H,44,51)(H,46,47)/t2*31-/m00/s1. The van der Waals surface area contributed by atoms with Crippen molar-refractivity contribution in [1.29, 1.82) is 0 Å². The molecule has 0 aliphatic heterocycles. The van der Waals surface area contributed by atoms with Crippen molar-refractivity contribution in [1.82, 2.24) is 59.3 Å². The maximum atomic E-state index is 14.9. The number of hydrogen-bond acceptors (Lipinski definition) is 18. The first-order valence-electron chi connectivity index (χ1n) is 35.1. The van der Waals surface area contributed by atoms with E-state index in [1.807, 2.05) is 0 Å². The summed E-state index contributed by atoms with van der Waals surface area (Å²) in [5, 5.41) is 36.4. The second-order valence-electron chi connectivity index (χ2n) is 29.2. The Morgan fingerprint density at radius 2 is 0.845 bits per heavy atom. The Morgan fingerprint density at radius 3 is 1.18 bits per heavy atom. The van der Waals surface area contributed by atoms with Gasteiger partial charge >= 0.3 is 0 Å². The van der Waals surface area contributed by atoms with Gasteiger partial charge in [-0.1, -0.05) is 35.3 Å². The smallest absolute Gasteiger partial charge is 0.266 e. The molecule has 6 heterocycles. The van der Waals surface area contributed by atoms with Crippen LogP contribution in [0.4, 0.5) is 29.2 Å². The Labute approximate surface area is 669 Å². The minimum absolute atomic E-state index is 0.0260. The molecule has 8 N–H and O–H groups in total. The minimum Gasteiger partial charge on any atom is -0.508 e. The zero-order valence-corrected chi connectivity index (χ0v) is 67.9. The van der Waals surface area contributed by atoms with Crippen molar-refractivity contribution in [3.8, 4) is 22.9 Å². The number of fused-ring (bicyclic) bond motifs is 6. The molecule has 0 bridgehead atoms. The highest BCUT2D eigenvalue weighted by Crippen LogP contribution is 2.40. The third kappa shape index (κ3) is 16.5. The number of carbonyl (C=O) groups excluding carboxylic acids is 2. The van der Waals surface area contributed by atoms with Crippen molar-refractivity contribution in [2.45, 2.75) is 75.0 Å². The Bertz CT molecular complexity index is 6630. The molecule has 6 aromatic heterocycles. The van der Waals surface area contributed by atoms with Crippen molar-refractivity contribution < 1.29 is 71.0 Å². The number of nitrogens with zero attached hydrogens (tertiary/aromatic N) is 8. The van der Waals surface area contributed by atoms with E-state index in [1.54, 1.807) is 24.5 Å². The number of amides is 2. The molecule has 0 saturated heterocycles. The molecule has 0 aliphatic carbocycles. The van der Waals surface area contributed by atoms with Crippen LogP contribution in [-0.2, 0) is 98.6 Å². The summed E-state index contributed by atoms with van der Waals surface area (Å²) >= 11 is 13.3. The van der Waals surface area contributed by atoms with Crippen LogP contribution in [0, 0.1) is 23.3 Å². The van der Waals surface area contributed by atoms with Gasteiger partial charge < -0.3 is 30.8 Å². The number of aromatic amines is 2. The van der Waals surface area contributed by atoms with E-state index < -0.39 is 108 Å². The number of sulfonamides is 2. The topological polar surface area (TPSA) is 396 Å². The molecule has 0 spiro atoms. The van der Waals surface area contributed by atoms with Gasteiger partial charge in [0.15, 0.2) is 31.3 Å². The van der Waals surface area contributed by atoms with Gasteiger partial charge in [0.2, 0.25) is 31.9 Å². The molecule has 0 fully saturated rings. The van der Waals surface area contributed by atoms with Crippen LogP contribution in [0.5, 0.6) is 11.5 Å². The molecule has 604 valence electrons. The lowest BCUT2D eigenvalue weighted by atomic mass is 10.00. The average Bonchev–Trinajstić information content (AvgIpc) is 0.956. The molecule has 0 aliphatic rings. The zero-order valence-electron chi connectivity index (χ0n) is 63.1. The van der Waals surface area contributed by atoms with Crippen LogP contribution in [0.25, 0.3) is 76.8 Å². The fourth-order valence-corrected chi connectivity index (χ4v) is 16.5. The van der Waals surface area contributed by atoms with Crippen molar-refractivity contribution in [3.63, 3.8) is 0 Å². The molecule has 14 aromatic rings. The quantitative estimate of drug-likeness (QED) is 0.0292. The first-order valence-corrected chi connectivity index (χ1v) is 43.4. The summed E-state index contributed by atoms with van der Waals surface area (Å²) in [5.74, 6) is -5.35. The number of phenolic OH excluding ortho intramolecular Hbond substituents is 2. The lowest BCUT2D eigenvalue weighted by Crippen LogP contribution is -2.36. The number of aromatic nitrogens is 10. The number of phenols is 2. The summed E-state index contributed by atoms with van der Waals surface area (Å²) < 4.78 is 166. The van der Waals surface area contributed by atoms with Crippen molar-refractivity contribution in [3.05, 3.63) is 245 Å². The van der Waals surface area contributed by atoms with E-state index in [-0.39, 0.29) is 137 Å². The Kier molecular flexibility index (Phi) is 21.6. The van der Waals surface area contributed by atoms with Crippen LogP contribution in [0.1, 0.15) is 84.8 Å².